The first-order valence-electron chi connectivity index (χ1n) is 8.15. The summed E-state index contributed by atoms with van der Waals surface area (Å²) < 4.78 is 20.0. The molecule has 0 radical (unpaired) electrons. The zero-order valence-corrected chi connectivity index (χ0v) is 14.8. The molecule has 9 heteroatoms. The third-order valence-corrected chi connectivity index (χ3v) is 5.65. The third kappa shape index (κ3) is 2.64. The van der Waals surface area contributed by atoms with E-state index in [1.807, 2.05) is 0 Å². The van der Waals surface area contributed by atoms with Gasteiger partial charge in [0.15, 0.2) is 5.72 Å². The summed E-state index contributed by atoms with van der Waals surface area (Å²) in [5.41, 5.74) is -0.196. The number of aryl methyl sites for hydroxylation is 1. The van der Waals surface area contributed by atoms with Gasteiger partial charge in [0.25, 0.3) is 12.4 Å². The first kappa shape index (κ1) is 18.6. The van der Waals surface area contributed by atoms with Crippen LogP contribution in [-0.2, 0) is 14.3 Å². The van der Waals surface area contributed by atoms with Crippen LogP contribution in [0.1, 0.15) is 28.8 Å². The molecule has 3 aliphatic rings. The van der Waals surface area contributed by atoms with Gasteiger partial charge in [0.05, 0.1) is 29.7 Å². The predicted molar refractivity (Wildman–Crippen MR) is 89.3 cm³/mol. The number of halogens is 2. The molecule has 0 bridgehead atoms. The van der Waals surface area contributed by atoms with E-state index in [9.17, 15) is 14.0 Å². The largest absolute Gasteiger partial charge is 0.483 e. The fraction of sp³-hybridized carbons (Fsp3) is 0.471. The number of hydrogen-bond acceptors (Lipinski definition) is 4. The Morgan fingerprint density at radius 1 is 1.46 bits per heavy atom. The molecule has 1 spiro atoms. The van der Waals surface area contributed by atoms with Crippen molar-refractivity contribution < 1.29 is 28.6 Å². The molecular weight excluding hydrogens is 367 g/mol. The second-order valence-corrected chi connectivity index (χ2v) is 6.74. The van der Waals surface area contributed by atoms with E-state index in [4.69, 9.17) is 26.2 Å². The van der Waals surface area contributed by atoms with Gasteiger partial charge in [-0.25, -0.2) is 4.39 Å². The molecule has 1 aromatic carbocycles. The van der Waals surface area contributed by atoms with Crippen molar-refractivity contribution in [1.29, 1.82) is 0 Å². The van der Waals surface area contributed by atoms with Crippen LogP contribution >= 0.6 is 11.6 Å². The van der Waals surface area contributed by atoms with Crippen molar-refractivity contribution in [3.05, 3.63) is 34.1 Å². The highest BCUT2D eigenvalue weighted by molar-refractivity contribution is 6.34. The van der Waals surface area contributed by atoms with Gasteiger partial charge in [-0.3, -0.25) is 14.4 Å². The molecule has 140 valence electrons. The lowest BCUT2D eigenvalue weighted by atomic mass is 10.0. The van der Waals surface area contributed by atoms with E-state index in [2.05, 4.69) is 0 Å². The minimum atomic E-state index is -0.723. The molecule has 26 heavy (non-hydrogen) atoms. The summed E-state index contributed by atoms with van der Waals surface area (Å²) in [6.07, 6.45) is 0.775. The summed E-state index contributed by atoms with van der Waals surface area (Å²) in [5.74, 6) is -1.12. The molecule has 1 N–H and O–H groups in total. The lowest BCUT2D eigenvalue weighted by molar-refractivity contribution is -0.136. The zero-order valence-electron chi connectivity index (χ0n) is 14.1. The Labute approximate surface area is 154 Å². The molecule has 0 aromatic heterocycles. The maximum Gasteiger partial charge on any atom is 0.290 e. The summed E-state index contributed by atoms with van der Waals surface area (Å²) >= 11 is 6.16. The van der Waals surface area contributed by atoms with Gasteiger partial charge in [0, 0.05) is 19.5 Å². The molecule has 3 aliphatic heterocycles. The lowest BCUT2D eigenvalue weighted by Gasteiger charge is -2.31. The molecule has 7 nitrogen and oxygen atoms in total. The highest BCUT2D eigenvalue weighted by Crippen LogP contribution is 2.46. The third-order valence-electron chi connectivity index (χ3n) is 5.16. The van der Waals surface area contributed by atoms with Crippen LogP contribution in [0.25, 0.3) is 0 Å². The molecule has 2 atom stereocenters. The number of carbonyl (C=O) groups excluding carboxylic acids is 2. The van der Waals surface area contributed by atoms with E-state index in [-0.39, 0.29) is 35.4 Å². The van der Waals surface area contributed by atoms with E-state index in [1.54, 1.807) is 22.8 Å². The summed E-state index contributed by atoms with van der Waals surface area (Å²) in [5, 5.41) is 7.02. The van der Waals surface area contributed by atoms with Gasteiger partial charge < -0.3 is 19.6 Å². The quantitative estimate of drug-likeness (QED) is 0.744. The fourth-order valence-corrected chi connectivity index (χ4v) is 4.27. The Bertz CT molecular complexity index is 774. The minimum Gasteiger partial charge on any atom is -0.483 e. The molecular formula is C17H18ClFN2O5. The molecule has 3 saturated heterocycles. The average Bonchev–Trinajstić information content (AvgIpc) is 3.23. The number of carbonyl (C=O) groups is 3. The molecule has 3 heterocycles. The fourth-order valence-electron chi connectivity index (χ4n) is 4.03. The molecule has 0 saturated carbocycles. The first-order chi connectivity index (χ1) is 12.4. The van der Waals surface area contributed by atoms with Crippen molar-refractivity contribution in [2.45, 2.75) is 31.5 Å². The smallest absolute Gasteiger partial charge is 0.290 e. The number of likely N-dealkylation sites (tertiary alicyclic amines) is 1. The number of amides is 2. The number of nitrogens with zero attached hydrogens (tertiary/aromatic N) is 2. The Hall–Kier alpha value is -2.19. The molecule has 3 fully saturated rings. The number of carboxylic acid groups (broad SMARTS) is 1. The van der Waals surface area contributed by atoms with E-state index in [1.165, 1.54) is 6.07 Å². The van der Waals surface area contributed by atoms with Gasteiger partial charge in [0.1, 0.15) is 5.82 Å². The van der Waals surface area contributed by atoms with Gasteiger partial charge >= 0.3 is 0 Å². The van der Waals surface area contributed by atoms with Gasteiger partial charge in [-0.05, 0) is 18.6 Å². The van der Waals surface area contributed by atoms with Gasteiger partial charge in [0.2, 0.25) is 5.91 Å². The van der Waals surface area contributed by atoms with E-state index in [0.717, 1.165) is 0 Å². The second kappa shape index (κ2) is 6.85. The van der Waals surface area contributed by atoms with Crippen molar-refractivity contribution in [3.8, 4) is 0 Å². The molecule has 0 unspecified atom stereocenters. The topological polar surface area (TPSA) is 87.2 Å². The first-order valence-corrected chi connectivity index (χ1v) is 8.53. The van der Waals surface area contributed by atoms with Gasteiger partial charge in [-0.1, -0.05) is 17.7 Å². The predicted octanol–water partition coefficient (Wildman–Crippen LogP) is 1.66. The number of ether oxygens (including phenoxy) is 1. The molecule has 2 amide bonds. The lowest BCUT2D eigenvalue weighted by Crippen LogP contribution is -2.48. The number of hydrogen-bond donors (Lipinski definition) is 1. The van der Waals surface area contributed by atoms with Crippen LogP contribution in [0.15, 0.2) is 12.1 Å². The van der Waals surface area contributed by atoms with Crippen molar-refractivity contribution in [2.24, 2.45) is 0 Å². The van der Waals surface area contributed by atoms with Crippen LogP contribution in [-0.4, -0.2) is 64.7 Å². The van der Waals surface area contributed by atoms with Crippen LogP contribution in [0.3, 0.4) is 0 Å². The normalized spacial score (nSPS) is 26.3. The summed E-state index contributed by atoms with van der Waals surface area (Å²) in [6, 6.07) is 2.42. The van der Waals surface area contributed by atoms with Crippen LogP contribution in [0.2, 0.25) is 5.02 Å². The van der Waals surface area contributed by atoms with Crippen molar-refractivity contribution >= 4 is 29.9 Å². The Kier molecular flexibility index (Phi) is 4.90. The second-order valence-electron chi connectivity index (χ2n) is 6.37. The highest BCUT2D eigenvalue weighted by atomic mass is 35.5. The number of benzene rings is 1. The van der Waals surface area contributed by atoms with E-state index >= 15 is 0 Å². The SMILES string of the molecule is Cc1ccc(F)c(C(=O)N2CC[C@@]34OCCN3C(=O)C[C@@H]24)c1Cl.O=CO. The maximum atomic E-state index is 14.2. The van der Waals surface area contributed by atoms with Crippen LogP contribution in [0.4, 0.5) is 4.39 Å². The maximum absolute atomic E-state index is 14.2. The standard InChI is InChI=1S/C16H16ClFN2O3.CH2O2/c1-9-2-3-10(18)13(14(9)17)15(22)19-5-4-16-11(19)8-12(21)20(16)6-7-23-16;2-1-3/h2-3,11H,4-8H2,1H3;1H,(H,2,3)/t11-,16+;/m1./s1. The summed E-state index contributed by atoms with van der Waals surface area (Å²) in [7, 11) is 0. The van der Waals surface area contributed by atoms with E-state index in [0.29, 0.717) is 31.7 Å². The molecule has 1 aromatic rings. The van der Waals surface area contributed by atoms with Crippen molar-refractivity contribution in [3.63, 3.8) is 0 Å². The van der Waals surface area contributed by atoms with Crippen LogP contribution in [0, 0.1) is 12.7 Å². The monoisotopic (exact) mass is 384 g/mol. The van der Waals surface area contributed by atoms with Gasteiger partial charge in [-0.15, -0.1) is 0 Å². The zero-order chi connectivity index (χ0) is 19.1. The molecule has 4 rings (SSSR count). The van der Waals surface area contributed by atoms with Crippen LogP contribution < -0.4 is 0 Å². The van der Waals surface area contributed by atoms with Crippen LogP contribution in [0.5, 0.6) is 0 Å². The van der Waals surface area contributed by atoms with Crippen molar-refractivity contribution in [2.75, 3.05) is 19.7 Å². The summed E-state index contributed by atoms with van der Waals surface area (Å²) in [6.45, 7) is 2.93. The highest BCUT2D eigenvalue weighted by Gasteiger charge is 2.63. The molecule has 0 aliphatic carbocycles. The van der Waals surface area contributed by atoms with Gasteiger partial charge in [-0.2, -0.15) is 0 Å². The Morgan fingerprint density at radius 3 is 2.85 bits per heavy atom. The van der Waals surface area contributed by atoms with E-state index < -0.39 is 17.4 Å². The summed E-state index contributed by atoms with van der Waals surface area (Å²) in [4.78, 5) is 36.7. The number of rotatable bonds is 1. The minimum absolute atomic E-state index is 0.0131. The average molecular weight is 385 g/mol. The Morgan fingerprint density at radius 2 is 2.15 bits per heavy atom. The Balaban J connectivity index is 0.000000613. The van der Waals surface area contributed by atoms with Crippen molar-refractivity contribution in [1.82, 2.24) is 9.80 Å².